The zero-order valence-corrected chi connectivity index (χ0v) is 9.52. The summed E-state index contributed by atoms with van der Waals surface area (Å²) in [6.07, 6.45) is -0.426. The van der Waals surface area contributed by atoms with E-state index >= 15 is 0 Å². The molecule has 0 aromatic carbocycles. The van der Waals surface area contributed by atoms with Crippen molar-refractivity contribution >= 4 is 6.09 Å². The first kappa shape index (κ1) is 11.6. The first-order valence-electron chi connectivity index (χ1n) is 4.91. The van der Waals surface area contributed by atoms with Crippen molar-refractivity contribution in [2.45, 2.75) is 32.4 Å². The number of carbonyl (C=O) groups is 1. The zero-order valence-electron chi connectivity index (χ0n) is 9.52. The van der Waals surface area contributed by atoms with Crippen LogP contribution in [0.15, 0.2) is 24.4 Å². The van der Waals surface area contributed by atoms with Crippen molar-refractivity contribution in [2.24, 2.45) is 0 Å². The first-order valence-corrected chi connectivity index (χ1v) is 4.91. The van der Waals surface area contributed by atoms with Gasteiger partial charge in [0.2, 0.25) is 0 Å². The summed E-state index contributed by atoms with van der Waals surface area (Å²) in [5.41, 5.74) is 1.10. The summed E-state index contributed by atoms with van der Waals surface area (Å²) in [7, 11) is 0. The normalized spacial score (nSPS) is 21.1. The van der Waals surface area contributed by atoms with E-state index in [4.69, 9.17) is 4.74 Å². The summed E-state index contributed by atoms with van der Waals surface area (Å²) in [4.78, 5) is 11.4. The summed E-state index contributed by atoms with van der Waals surface area (Å²) in [6, 6.07) is -0.118. The van der Waals surface area contributed by atoms with Crippen molar-refractivity contribution < 1.29 is 9.53 Å². The van der Waals surface area contributed by atoms with Gasteiger partial charge in [-0.1, -0.05) is 13.2 Å². The van der Waals surface area contributed by atoms with Crippen LogP contribution in [0.2, 0.25) is 0 Å². The Hall–Kier alpha value is -1.45. The van der Waals surface area contributed by atoms with Crippen molar-refractivity contribution in [3.8, 4) is 0 Å². The summed E-state index contributed by atoms with van der Waals surface area (Å²) in [6.45, 7) is 13.7. The minimum atomic E-state index is -0.478. The third kappa shape index (κ3) is 3.31. The maximum Gasteiger partial charge on any atom is 0.408 e. The molecule has 0 spiro atoms. The highest BCUT2D eigenvalue weighted by Crippen LogP contribution is 2.15. The van der Waals surface area contributed by atoms with Gasteiger partial charge in [-0.2, -0.15) is 0 Å². The molecule has 0 saturated carbocycles. The largest absolute Gasteiger partial charge is 0.444 e. The maximum absolute atomic E-state index is 11.4. The second kappa shape index (κ2) is 3.96. The van der Waals surface area contributed by atoms with Crippen LogP contribution in [0, 0.1) is 0 Å². The summed E-state index contributed by atoms with van der Waals surface area (Å²) < 4.78 is 5.13. The SMILES string of the molecule is C=C1NCC(NC(=O)OC(C)(C)C)C1=C. The van der Waals surface area contributed by atoms with Gasteiger partial charge >= 0.3 is 6.09 Å². The number of carbonyl (C=O) groups excluding carboxylic acids is 1. The van der Waals surface area contributed by atoms with E-state index in [0.29, 0.717) is 6.54 Å². The number of rotatable bonds is 1. The lowest BCUT2D eigenvalue weighted by molar-refractivity contribution is 0.0515. The Bertz CT molecular complexity index is 302. The van der Waals surface area contributed by atoms with Gasteiger partial charge < -0.3 is 15.4 Å². The van der Waals surface area contributed by atoms with Crippen molar-refractivity contribution in [3.63, 3.8) is 0 Å². The maximum atomic E-state index is 11.4. The molecule has 0 aliphatic carbocycles. The third-order valence-electron chi connectivity index (χ3n) is 2.02. The number of alkyl carbamates (subject to hydrolysis) is 1. The Kier molecular flexibility index (Phi) is 3.07. The third-order valence-corrected chi connectivity index (χ3v) is 2.02. The lowest BCUT2D eigenvalue weighted by Gasteiger charge is -2.21. The van der Waals surface area contributed by atoms with Gasteiger partial charge in [-0.3, -0.25) is 0 Å². The molecule has 1 unspecified atom stereocenters. The highest BCUT2D eigenvalue weighted by molar-refractivity contribution is 5.69. The summed E-state index contributed by atoms with van der Waals surface area (Å²) in [5.74, 6) is 0. The Labute approximate surface area is 90.4 Å². The van der Waals surface area contributed by atoms with Crippen molar-refractivity contribution in [2.75, 3.05) is 6.54 Å². The molecule has 15 heavy (non-hydrogen) atoms. The second-order valence-corrected chi connectivity index (χ2v) is 4.58. The molecule has 4 heteroatoms. The van der Waals surface area contributed by atoms with E-state index in [9.17, 15) is 4.79 Å². The molecule has 0 aromatic heterocycles. The zero-order chi connectivity index (χ0) is 11.6. The van der Waals surface area contributed by atoms with Gasteiger partial charge in [0.25, 0.3) is 0 Å². The molecule has 1 rings (SSSR count). The average molecular weight is 210 g/mol. The quantitative estimate of drug-likeness (QED) is 0.690. The highest BCUT2D eigenvalue weighted by Gasteiger charge is 2.25. The van der Waals surface area contributed by atoms with Crippen LogP contribution in [-0.4, -0.2) is 24.3 Å². The highest BCUT2D eigenvalue weighted by atomic mass is 16.6. The van der Waals surface area contributed by atoms with Crippen molar-refractivity contribution in [3.05, 3.63) is 24.4 Å². The number of ether oxygens (including phenoxy) is 1. The van der Waals surface area contributed by atoms with Crippen molar-refractivity contribution in [1.29, 1.82) is 0 Å². The van der Waals surface area contributed by atoms with E-state index in [1.165, 1.54) is 0 Å². The minimum Gasteiger partial charge on any atom is -0.444 e. The van der Waals surface area contributed by atoms with Crippen LogP contribution >= 0.6 is 0 Å². The Balaban J connectivity index is 2.46. The molecule has 1 saturated heterocycles. The Morgan fingerprint density at radius 3 is 2.53 bits per heavy atom. The molecule has 1 heterocycles. The van der Waals surface area contributed by atoms with E-state index in [2.05, 4.69) is 23.8 Å². The summed E-state index contributed by atoms with van der Waals surface area (Å²) >= 11 is 0. The molecule has 1 amide bonds. The molecule has 1 fully saturated rings. The summed E-state index contributed by atoms with van der Waals surface area (Å²) in [5, 5.41) is 5.75. The molecule has 2 N–H and O–H groups in total. The molecule has 1 atom stereocenters. The van der Waals surface area contributed by atoms with Gasteiger partial charge in [0.1, 0.15) is 5.60 Å². The molecule has 1 aliphatic rings. The van der Waals surface area contributed by atoms with Gasteiger partial charge in [0.05, 0.1) is 6.04 Å². The molecule has 0 aromatic rings. The predicted molar refractivity (Wildman–Crippen MR) is 59.4 cm³/mol. The molecule has 84 valence electrons. The van der Waals surface area contributed by atoms with Crippen LogP contribution in [0.4, 0.5) is 4.79 Å². The average Bonchev–Trinajstić information content (AvgIpc) is 2.32. The van der Waals surface area contributed by atoms with E-state index in [1.54, 1.807) is 0 Å². The second-order valence-electron chi connectivity index (χ2n) is 4.58. The van der Waals surface area contributed by atoms with Gasteiger partial charge in [0.15, 0.2) is 0 Å². The van der Waals surface area contributed by atoms with Gasteiger partial charge in [-0.15, -0.1) is 0 Å². The Morgan fingerprint density at radius 1 is 1.53 bits per heavy atom. The fourth-order valence-electron chi connectivity index (χ4n) is 1.26. The smallest absolute Gasteiger partial charge is 0.408 e. The van der Waals surface area contributed by atoms with Crippen LogP contribution in [0.25, 0.3) is 0 Å². The molecule has 4 nitrogen and oxygen atoms in total. The van der Waals surface area contributed by atoms with E-state index < -0.39 is 11.7 Å². The van der Waals surface area contributed by atoms with Crippen LogP contribution < -0.4 is 10.6 Å². The predicted octanol–water partition coefficient (Wildman–Crippen LogP) is 1.55. The van der Waals surface area contributed by atoms with Crippen molar-refractivity contribution in [1.82, 2.24) is 10.6 Å². The van der Waals surface area contributed by atoms with E-state index in [-0.39, 0.29) is 6.04 Å². The molecule has 1 aliphatic heterocycles. The number of amides is 1. The fraction of sp³-hybridized carbons (Fsp3) is 0.545. The number of nitrogens with one attached hydrogen (secondary N) is 2. The van der Waals surface area contributed by atoms with Crippen LogP contribution in [0.5, 0.6) is 0 Å². The first-order chi connectivity index (χ1) is 6.79. The van der Waals surface area contributed by atoms with Gasteiger partial charge in [0, 0.05) is 12.2 Å². The van der Waals surface area contributed by atoms with Gasteiger partial charge in [-0.05, 0) is 26.3 Å². The lowest BCUT2D eigenvalue weighted by atomic mass is 10.1. The standard InChI is InChI=1S/C11H18N2O2/c1-7-8(2)12-6-9(7)13-10(14)15-11(3,4)5/h9,12H,1-2,6H2,3-5H3,(H,13,14). The van der Waals surface area contributed by atoms with E-state index in [0.717, 1.165) is 11.3 Å². The topological polar surface area (TPSA) is 50.4 Å². The van der Waals surface area contributed by atoms with Crippen LogP contribution in [-0.2, 0) is 4.74 Å². The molecule has 0 bridgehead atoms. The molecule has 0 radical (unpaired) electrons. The lowest BCUT2D eigenvalue weighted by Crippen LogP contribution is -2.40. The minimum absolute atomic E-state index is 0.118. The monoisotopic (exact) mass is 210 g/mol. The fourth-order valence-corrected chi connectivity index (χ4v) is 1.26. The molecular weight excluding hydrogens is 192 g/mol. The number of hydrogen-bond donors (Lipinski definition) is 2. The molecular formula is C11H18N2O2. The number of hydrogen-bond acceptors (Lipinski definition) is 3. The Morgan fingerprint density at radius 2 is 2.13 bits per heavy atom. The van der Waals surface area contributed by atoms with Gasteiger partial charge in [-0.25, -0.2) is 4.79 Å². The van der Waals surface area contributed by atoms with Crippen LogP contribution in [0.3, 0.4) is 0 Å². The van der Waals surface area contributed by atoms with E-state index in [1.807, 2.05) is 20.8 Å². The van der Waals surface area contributed by atoms with Crippen LogP contribution in [0.1, 0.15) is 20.8 Å².